The molecule has 1 aliphatic carbocycles. The summed E-state index contributed by atoms with van der Waals surface area (Å²) in [6.45, 7) is 2.75. The molecule has 0 N–H and O–H groups in total. The molecule has 1 aromatic heterocycles. The van der Waals surface area contributed by atoms with Crippen molar-refractivity contribution in [2.45, 2.75) is 38.8 Å². The van der Waals surface area contributed by atoms with E-state index < -0.39 is 0 Å². The number of ether oxygens (including phenoxy) is 1. The van der Waals surface area contributed by atoms with Crippen LogP contribution >= 0.6 is 0 Å². The number of nitrogens with zero attached hydrogens (tertiary/aromatic N) is 2. The fourth-order valence-electron chi connectivity index (χ4n) is 2.21. The lowest BCUT2D eigenvalue weighted by Crippen LogP contribution is -2.04. The minimum absolute atomic E-state index is 0.605. The molecule has 1 aromatic carbocycles. The minimum atomic E-state index is 0.605. The van der Waals surface area contributed by atoms with Crippen molar-refractivity contribution in [3.05, 3.63) is 48.0 Å². The van der Waals surface area contributed by atoms with E-state index in [0.717, 1.165) is 12.2 Å². The lowest BCUT2D eigenvalue weighted by molar-refractivity contribution is 0.292. The number of aromatic nitrogens is 2. The molecule has 0 saturated heterocycles. The number of hydrogen-bond donors (Lipinski definition) is 0. The van der Waals surface area contributed by atoms with Crippen LogP contribution in [0.1, 0.15) is 37.1 Å². The Morgan fingerprint density at radius 3 is 2.94 bits per heavy atom. The molecule has 0 amide bonds. The minimum Gasteiger partial charge on any atom is -0.487 e. The van der Waals surface area contributed by atoms with Crippen molar-refractivity contribution in [3.63, 3.8) is 0 Å². The first kappa shape index (κ1) is 11.3. The number of rotatable bonds is 5. The molecular weight excluding hydrogens is 224 g/mol. The molecule has 0 bridgehead atoms. The third kappa shape index (κ3) is 2.26. The Morgan fingerprint density at radius 2 is 2.17 bits per heavy atom. The topological polar surface area (TPSA) is 27.1 Å². The van der Waals surface area contributed by atoms with Gasteiger partial charge in [0, 0.05) is 6.04 Å². The smallest absolute Gasteiger partial charge is 0.130 e. The second-order valence-electron chi connectivity index (χ2n) is 4.77. The summed E-state index contributed by atoms with van der Waals surface area (Å²) in [6, 6.07) is 8.89. The molecule has 3 rings (SSSR count). The van der Waals surface area contributed by atoms with Crippen LogP contribution in [-0.4, -0.2) is 9.55 Å². The van der Waals surface area contributed by atoms with E-state index in [1.54, 1.807) is 0 Å². The van der Waals surface area contributed by atoms with E-state index in [2.05, 4.69) is 28.6 Å². The fraction of sp³-hybridized carbons (Fsp3) is 0.400. The Hall–Kier alpha value is -1.77. The Morgan fingerprint density at radius 1 is 1.33 bits per heavy atom. The van der Waals surface area contributed by atoms with Crippen molar-refractivity contribution >= 4 is 0 Å². The van der Waals surface area contributed by atoms with E-state index in [0.29, 0.717) is 12.6 Å². The monoisotopic (exact) mass is 242 g/mol. The first-order chi connectivity index (χ1) is 8.88. The van der Waals surface area contributed by atoms with Gasteiger partial charge in [0.15, 0.2) is 0 Å². The molecule has 0 unspecified atom stereocenters. The van der Waals surface area contributed by atoms with Gasteiger partial charge in [0.05, 0.1) is 18.2 Å². The fourth-order valence-corrected chi connectivity index (χ4v) is 2.21. The van der Waals surface area contributed by atoms with Gasteiger partial charge >= 0.3 is 0 Å². The van der Waals surface area contributed by atoms with E-state index >= 15 is 0 Å². The largest absolute Gasteiger partial charge is 0.487 e. The highest BCUT2D eigenvalue weighted by Gasteiger charge is 2.25. The van der Waals surface area contributed by atoms with Crippen LogP contribution in [0.15, 0.2) is 36.8 Å². The molecule has 0 aliphatic heterocycles. The molecule has 0 atom stereocenters. The van der Waals surface area contributed by atoms with E-state index in [4.69, 9.17) is 4.74 Å². The van der Waals surface area contributed by atoms with Crippen molar-refractivity contribution in [2.24, 2.45) is 0 Å². The van der Waals surface area contributed by atoms with Crippen molar-refractivity contribution in [2.75, 3.05) is 0 Å². The number of imidazole rings is 1. The molecule has 94 valence electrons. The van der Waals surface area contributed by atoms with Gasteiger partial charge in [-0.3, -0.25) is 0 Å². The Kier molecular flexibility index (Phi) is 3.05. The quantitative estimate of drug-likeness (QED) is 0.804. The highest BCUT2D eigenvalue weighted by atomic mass is 16.5. The van der Waals surface area contributed by atoms with Crippen LogP contribution in [0.3, 0.4) is 0 Å². The standard InChI is InChI=1S/C15H18N2O/c1-2-12-5-3-4-6-15(12)18-10-14-9-16-11-17(14)13-7-8-13/h3-6,9,11,13H,2,7-8,10H2,1H3. The van der Waals surface area contributed by atoms with E-state index in [-0.39, 0.29) is 0 Å². The zero-order chi connectivity index (χ0) is 12.4. The first-order valence-electron chi connectivity index (χ1n) is 6.60. The number of hydrogen-bond acceptors (Lipinski definition) is 2. The summed E-state index contributed by atoms with van der Waals surface area (Å²) in [5.41, 5.74) is 2.43. The van der Waals surface area contributed by atoms with Gasteiger partial charge in [-0.1, -0.05) is 25.1 Å². The number of aryl methyl sites for hydroxylation is 1. The van der Waals surface area contributed by atoms with Crippen molar-refractivity contribution in [1.82, 2.24) is 9.55 Å². The van der Waals surface area contributed by atoms with Crippen molar-refractivity contribution in [3.8, 4) is 5.75 Å². The molecule has 1 aliphatic rings. The molecule has 3 heteroatoms. The highest BCUT2D eigenvalue weighted by Crippen LogP contribution is 2.35. The van der Waals surface area contributed by atoms with Gasteiger partial charge in [-0.15, -0.1) is 0 Å². The van der Waals surface area contributed by atoms with Gasteiger partial charge in [0.1, 0.15) is 12.4 Å². The predicted octanol–water partition coefficient (Wildman–Crippen LogP) is 3.36. The SMILES string of the molecule is CCc1ccccc1OCc1cncn1C1CC1. The van der Waals surface area contributed by atoms with E-state index in [1.165, 1.54) is 24.1 Å². The van der Waals surface area contributed by atoms with Crippen LogP contribution in [0.4, 0.5) is 0 Å². The van der Waals surface area contributed by atoms with Crippen molar-refractivity contribution < 1.29 is 4.74 Å². The maximum atomic E-state index is 5.93. The van der Waals surface area contributed by atoms with Crippen LogP contribution in [0.2, 0.25) is 0 Å². The van der Waals surface area contributed by atoms with Gasteiger partial charge in [0.25, 0.3) is 0 Å². The summed E-state index contributed by atoms with van der Waals surface area (Å²) < 4.78 is 8.17. The third-order valence-electron chi connectivity index (χ3n) is 3.42. The molecule has 1 saturated carbocycles. The predicted molar refractivity (Wildman–Crippen MR) is 70.7 cm³/mol. The Bertz CT molecular complexity index is 529. The third-order valence-corrected chi connectivity index (χ3v) is 3.42. The van der Waals surface area contributed by atoms with Gasteiger partial charge in [0.2, 0.25) is 0 Å². The zero-order valence-electron chi connectivity index (χ0n) is 10.7. The summed E-state index contributed by atoms with van der Waals surface area (Å²) in [5, 5.41) is 0. The van der Waals surface area contributed by atoms with E-state index in [1.807, 2.05) is 24.7 Å². The van der Waals surface area contributed by atoms with Gasteiger partial charge in [-0.25, -0.2) is 4.98 Å². The normalized spacial score (nSPS) is 14.7. The maximum Gasteiger partial charge on any atom is 0.130 e. The highest BCUT2D eigenvalue weighted by molar-refractivity contribution is 5.33. The van der Waals surface area contributed by atoms with Gasteiger partial charge in [-0.2, -0.15) is 0 Å². The number of benzene rings is 1. The second kappa shape index (κ2) is 4.84. The second-order valence-corrected chi connectivity index (χ2v) is 4.77. The molecule has 3 nitrogen and oxygen atoms in total. The molecule has 2 aromatic rings. The lowest BCUT2D eigenvalue weighted by Gasteiger charge is -2.11. The molecule has 1 heterocycles. The summed E-state index contributed by atoms with van der Waals surface area (Å²) >= 11 is 0. The summed E-state index contributed by atoms with van der Waals surface area (Å²) in [6.07, 6.45) is 7.37. The molecular formula is C15H18N2O. The van der Waals surface area contributed by atoms with E-state index in [9.17, 15) is 0 Å². The van der Waals surface area contributed by atoms with Crippen LogP contribution in [0, 0.1) is 0 Å². The Balaban J connectivity index is 1.71. The van der Waals surface area contributed by atoms with Crippen LogP contribution in [-0.2, 0) is 13.0 Å². The summed E-state index contributed by atoms with van der Waals surface area (Å²) in [7, 11) is 0. The molecule has 18 heavy (non-hydrogen) atoms. The molecule has 0 spiro atoms. The van der Waals surface area contributed by atoms with Crippen molar-refractivity contribution in [1.29, 1.82) is 0 Å². The molecule has 0 radical (unpaired) electrons. The van der Waals surface area contributed by atoms with Crippen LogP contribution < -0.4 is 4.74 Å². The Labute approximate surface area is 107 Å². The lowest BCUT2D eigenvalue weighted by atomic mass is 10.1. The molecule has 1 fully saturated rings. The average molecular weight is 242 g/mol. The average Bonchev–Trinajstić information content (AvgIpc) is 3.16. The summed E-state index contributed by atoms with van der Waals surface area (Å²) in [5.74, 6) is 0.989. The summed E-state index contributed by atoms with van der Waals surface area (Å²) in [4.78, 5) is 4.22. The van der Waals surface area contributed by atoms with Gasteiger partial charge in [-0.05, 0) is 30.9 Å². The zero-order valence-corrected chi connectivity index (χ0v) is 10.7. The van der Waals surface area contributed by atoms with Gasteiger partial charge < -0.3 is 9.30 Å². The maximum absolute atomic E-state index is 5.93. The van der Waals surface area contributed by atoms with Crippen LogP contribution in [0.25, 0.3) is 0 Å². The first-order valence-corrected chi connectivity index (χ1v) is 6.60. The van der Waals surface area contributed by atoms with Crippen LogP contribution in [0.5, 0.6) is 5.75 Å². The number of para-hydroxylation sites is 1.